The molecule has 0 aromatic carbocycles. The minimum absolute atomic E-state index is 1.86. The molecule has 0 aliphatic heterocycles. The molecule has 3 nitrogen and oxygen atoms in total. The third-order valence-corrected chi connectivity index (χ3v) is 1.28. The van der Waals surface area contributed by atoms with E-state index in [0.29, 0.717) is 0 Å². The number of halogens is 8. The van der Waals surface area contributed by atoms with Crippen molar-refractivity contribution in [1.29, 1.82) is 0 Å². The van der Waals surface area contributed by atoms with Crippen LogP contribution in [0.15, 0.2) is 0 Å². The summed E-state index contributed by atoms with van der Waals surface area (Å²) in [5, 5.41) is 0. The zero-order valence-corrected chi connectivity index (χ0v) is 6.87. The molecule has 0 amide bonds. The van der Waals surface area contributed by atoms with E-state index in [0.717, 1.165) is 0 Å². The van der Waals surface area contributed by atoms with Crippen LogP contribution in [0.3, 0.4) is 0 Å². The van der Waals surface area contributed by atoms with Crippen molar-refractivity contribution in [3.63, 3.8) is 0 Å². The van der Waals surface area contributed by atoms with Gasteiger partial charge in [0.2, 0.25) is 0 Å². The van der Waals surface area contributed by atoms with E-state index in [1.807, 2.05) is 9.97 Å². The van der Waals surface area contributed by atoms with E-state index in [2.05, 4.69) is 0 Å². The Morgan fingerprint density at radius 3 is 1.38 bits per heavy atom. The Labute approximate surface area is 81.3 Å². The molecule has 1 aromatic heterocycles. The first kappa shape index (κ1) is 12.5. The lowest BCUT2D eigenvalue weighted by Gasteiger charge is -2.05. The third-order valence-electron chi connectivity index (χ3n) is 1.28. The Morgan fingerprint density at radius 2 is 1.12 bits per heavy atom. The Morgan fingerprint density at radius 1 is 0.812 bits per heavy atom. The lowest BCUT2D eigenvalue weighted by molar-refractivity contribution is -0.873. The lowest BCUT2D eigenvalue weighted by Crippen LogP contribution is -2.44. The number of rotatable bonds is 0. The molecule has 0 unspecified atom stereocenters. The van der Waals surface area contributed by atoms with Crippen LogP contribution in [0.1, 0.15) is 11.6 Å². The van der Waals surface area contributed by atoms with E-state index >= 15 is 0 Å². The Balaban J connectivity index is 3.51. The minimum Gasteiger partial charge on any atom is -0.161 e. The first-order valence-corrected chi connectivity index (χ1v) is 3.33. The Bertz CT molecular complexity index is 372. The summed E-state index contributed by atoms with van der Waals surface area (Å²) in [6, 6.07) is 0. The van der Waals surface area contributed by atoms with Crippen LogP contribution >= 0.6 is 0 Å². The smallest absolute Gasteiger partial charge is 0.161 e. The molecule has 11 heteroatoms. The van der Waals surface area contributed by atoms with Crippen molar-refractivity contribution in [3.05, 3.63) is 17.7 Å². The van der Waals surface area contributed by atoms with Gasteiger partial charge in [-0.2, -0.15) is 26.3 Å². The Kier molecular flexibility index (Phi) is 2.73. The average Bonchev–Trinajstić information content (AvgIpc) is 2.04. The summed E-state index contributed by atoms with van der Waals surface area (Å²) in [5.41, 5.74) is 0. The molecule has 0 N–H and O–H groups in total. The molecule has 1 aromatic rings. The van der Waals surface area contributed by atoms with Gasteiger partial charge in [-0.25, -0.2) is 0 Å². The summed E-state index contributed by atoms with van der Waals surface area (Å²) in [6.07, 6.45) is -13.5. The SMILES string of the molecule is Fc1nc(C(F)(F)F)[n+](F)c(C(F)(F)F)n1. The molecule has 0 fully saturated rings. The fourth-order valence-electron chi connectivity index (χ4n) is 0.737. The molecule has 0 aliphatic rings. The lowest BCUT2D eigenvalue weighted by atomic mass is 10.5. The van der Waals surface area contributed by atoms with Gasteiger partial charge in [-0.05, 0) is 19.2 Å². The first-order chi connectivity index (χ1) is 7.03. The van der Waals surface area contributed by atoms with Crippen LogP contribution in [0.2, 0.25) is 0 Å². The molecule has 0 saturated heterocycles. The van der Waals surface area contributed by atoms with Crippen LogP contribution in [-0.4, -0.2) is 9.97 Å². The maximum Gasteiger partial charge on any atom is 0.485 e. The molecular formula is C5F8N3+. The fraction of sp³-hybridized carbons (Fsp3) is 0.400. The van der Waals surface area contributed by atoms with E-state index in [1.54, 1.807) is 0 Å². The standard InChI is InChI=1S/C5F8N3/c6-3-14-1(4(7,8)9)16(13)2(15-3)5(10,11)12/q+1. The van der Waals surface area contributed by atoms with Crippen LogP contribution in [0, 0.1) is 6.08 Å². The first-order valence-electron chi connectivity index (χ1n) is 3.33. The van der Waals surface area contributed by atoms with Crippen molar-refractivity contribution in [2.75, 3.05) is 0 Å². The summed E-state index contributed by atoms with van der Waals surface area (Å²) in [6.45, 7) is 0. The predicted octanol–water partition coefficient (Wildman–Crippen LogP) is 1.67. The van der Waals surface area contributed by atoms with Crippen LogP contribution in [0.25, 0.3) is 0 Å². The molecule has 0 bridgehead atoms. The van der Waals surface area contributed by atoms with Crippen molar-refractivity contribution in [2.24, 2.45) is 0 Å². The second kappa shape index (κ2) is 3.49. The highest BCUT2D eigenvalue weighted by Gasteiger charge is 2.52. The fourth-order valence-corrected chi connectivity index (χ4v) is 0.737. The molecule has 0 radical (unpaired) electrons. The quantitative estimate of drug-likeness (QED) is 0.659. The summed E-state index contributed by atoms with van der Waals surface area (Å²) < 4.78 is 96.4. The zero-order chi connectivity index (χ0) is 12.7. The molecule has 1 rings (SSSR count). The second-order valence-corrected chi connectivity index (χ2v) is 2.42. The monoisotopic (exact) mass is 254 g/mol. The summed E-state index contributed by atoms with van der Waals surface area (Å²) in [4.78, 5) is 1.95. The second-order valence-electron chi connectivity index (χ2n) is 2.42. The summed E-state index contributed by atoms with van der Waals surface area (Å²) >= 11 is 0. The van der Waals surface area contributed by atoms with Crippen LogP contribution in [0.5, 0.6) is 0 Å². The van der Waals surface area contributed by atoms with Crippen molar-refractivity contribution < 1.29 is 40.0 Å². The van der Waals surface area contributed by atoms with E-state index < -0.39 is 34.9 Å². The molecule has 90 valence electrons. The van der Waals surface area contributed by atoms with Gasteiger partial charge in [-0.3, -0.25) is 0 Å². The molecule has 0 aliphatic carbocycles. The molecular weight excluding hydrogens is 254 g/mol. The van der Waals surface area contributed by atoms with Gasteiger partial charge in [0.1, 0.15) is 0 Å². The summed E-state index contributed by atoms with van der Waals surface area (Å²) in [7, 11) is 0. The number of nitrogens with zero attached hydrogens (tertiary/aromatic N) is 3. The van der Waals surface area contributed by atoms with Crippen molar-refractivity contribution in [3.8, 4) is 0 Å². The van der Waals surface area contributed by atoms with Gasteiger partial charge in [-0.15, -0.1) is 4.39 Å². The highest BCUT2D eigenvalue weighted by atomic mass is 19.4. The van der Waals surface area contributed by atoms with Crippen molar-refractivity contribution in [1.82, 2.24) is 9.97 Å². The topological polar surface area (TPSA) is 29.7 Å². The predicted molar refractivity (Wildman–Crippen MR) is 28.7 cm³/mol. The number of aromatic nitrogens is 3. The van der Waals surface area contributed by atoms with Gasteiger partial charge >= 0.3 is 30.1 Å². The van der Waals surface area contributed by atoms with Gasteiger partial charge < -0.3 is 0 Å². The van der Waals surface area contributed by atoms with Gasteiger partial charge in [0.15, 0.2) is 0 Å². The van der Waals surface area contributed by atoms with E-state index in [-0.39, 0.29) is 0 Å². The van der Waals surface area contributed by atoms with Gasteiger partial charge in [0, 0.05) is 0 Å². The van der Waals surface area contributed by atoms with Gasteiger partial charge in [0.25, 0.3) is 0 Å². The molecule has 0 saturated carbocycles. The van der Waals surface area contributed by atoms with Crippen molar-refractivity contribution >= 4 is 0 Å². The van der Waals surface area contributed by atoms with Crippen LogP contribution < -0.4 is 4.79 Å². The molecule has 1 heterocycles. The number of hydrogen-bond acceptors (Lipinski definition) is 2. The highest BCUT2D eigenvalue weighted by molar-refractivity contribution is 4.87. The summed E-state index contributed by atoms with van der Waals surface area (Å²) in [5.74, 6) is -5.35. The van der Waals surface area contributed by atoms with Crippen molar-refractivity contribution in [2.45, 2.75) is 12.4 Å². The maximum absolute atomic E-state index is 12.6. The number of alkyl halides is 6. The zero-order valence-electron chi connectivity index (χ0n) is 6.87. The van der Waals surface area contributed by atoms with E-state index in [4.69, 9.17) is 0 Å². The number of hydrogen-bond donors (Lipinski definition) is 0. The normalized spacial score (nSPS) is 13.0. The average molecular weight is 254 g/mol. The Hall–Kier alpha value is -1.55. The van der Waals surface area contributed by atoms with Crippen LogP contribution in [0.4, 0.5) is 35.2 Å². The van der Waals surface area contributed by atoms with Gasteiger partial charge in [0.05, 0.1) is 0 Å². The van der Waals surface area contributed by atoms with E-state index in [1.165, 1.54) is 0 Å². The van der Waals surface area contributed by atoms with Gasteiger partial charge in [-0.1, -0.05) is 0 Å². The highest BCUT2D eigenvalue weighted by Crippen LogP contribution is 2.29. The largest absolute Gasteiger partial charge is 0.485 e. The molecule has 16 heavy (non-hydrogen) atoms. The van der Waals surface area contributed by atoms with E-state index in [9.17, 15) is 35.2 Å². The maximum atomic E-state index is 12.6. The molecule has 0 spiro atoms. The minimum atomic E-state index is -5.57. The third kappa shape index (κ3) is 2.33. The molecule has 0 atom stereocenters. The van der Waals surface area contributed by atoms with Crippen LogP contribution in [-0.2, 0) is 12.4 Å².